The van der Waals surface area contributed by atoms with E-state index in [4.69, 9.17) is 0 Å². The van der Waals surface area contributed by atoms with Crippen LogP contribution in [0.1, 0.15) is 5.56 Å². The molecule has 0 amide bonds. The van der Waals surface area contributed by atoms with E-state index in [1.54, 1.807) is 6.20 Å². The van der Waals surface area contributed by atoms with Crippen LogP contribution < -0.4 is 10.2 Å². The summed E-state index contributed by atoms with van der Waals surface area (Å²) in [6.07, 6.45) is 1.77. The second-order valence-corrected chi connectivity index (χ2v) is 8.91. The number of nitrogens with zero attached hydrogens (tertiary/aromatic N) is 5. The van der Waals surface area contributed by atoms with E-state index in [1.165, 1.54) is 16.4 Å². The second-order valence-electron chi connectivity index (χ2n) is 6.97. The van der Waals surface area contributed by atoms with Crippen LogP contribution in [0.5, 0.6) is 0 Å². The van der Waals surface area contributed by atoms with Crippen LogP contribution in [-0.2, 0) is 10.0 Å². The van der Waals surface area contributed by atoms with Crippen LogP contribution in [0.25, 0.3) is 0 Å². The molecule has 1 aromatic carbocycles. The number of hydrogen-bond acceptors (Lipinski definition) is 7. The summed E-state index contributed by atoms with van der Waals surface area (Å²) in [5.74, 6) is 1.47. The highest BCUT2D eigenvalue weighted by molar-refractivity contribution is 7.89. The highest BCUT2D eigenvalue weighted by Gasteiger charge is 2.29. The van der Waals surface area contributed by atoms with Gasteiger partial charge in [-0.3, -0.25) is 0 Å². The van der Waals surface area contributed by atoms with E-state index >= 15 is 0 Å². The van der Waals surface area contributed by atoms with Crippen LogP contribution in [-0.4, -0.2) is 54.1 Å². The molecule has 0 unspecified atom stereocenters. The Morgan fingerprint density at radius 3 is 2.20 bits per heavy atom. The van der Waals surface area contributed by atoms with Gasteiger partial charge in [-0.25, -0.2) is 17.8 Å². The van der Waals surface area contributed by atoms with Gasteiger partial charge in [0.1, 0.15) is 11.6 Å². The Morgan fingerprint density at radius 2 is 1.60 bits per heavy atom. The third-order valence-corrected chi connectivity index (χ3v) is 6.74. The lowest BCUT2D eigenvalue weighted by Gasteiger charge is -2.34. The van der Waals surface area contributed by atoms with Gasteiger partial charge in [-0.05, 0) is 55.0 Å². The molecule has 8 nitrogen and oxygen atoms in total. The zero-order valence-corrected chi connectivity index (χ0v) is 17.2. The molecular formula is C20H21FN6O2S. The first-order valence-corrected chi connectivity index (χ1v) is 10.9. The van der Waals surface area contributed by atoms with Crippen molar-refractivity contribution in [3.8, 4) is 0 Å². The fraction of sp³-hybridized carbons (Fsp3) is 0.250. The molecule has 0 saturated carbocycles. The summed E-state index contributed by atoms with van der Waals surface area (Å²) < 4.78 is 39.9. The third kappa shape index (κ3) is 4.39. The third-order valence-electron chi connectivity index (χ3n) is 4.83. The molecule has 0 atom stereocenters. The molecule has 1 saturated heterocycles. The molecule has 3 aromatic rings. The van der Waals surface area contributed by atoms with Crippen molar-refractivity contribution in [2.24, 2.45) is 0 Å². The summed E-state index contributed by atoms with van der Waals surface area (Å²) in [6.45, 7) is 3.57. The summed E-state index contributed by atoms with van der Waals surface area (Å²) in [7, 11) is -3.64. The molecular weight excluding hydrogens is 407 g/mol. The molecule has 10 heteroatoms. The van der Waals surface area contributed by atoms with Gasteiger partial charge in [0.05, 0.1) is 4.90 Å². The lowest BCUT2D eigenvalue weighted by atomic mass is 10.3. The number of aryl methyl sites for hydroxylation is 1. The number of benzene rings is 1. The van der Waals surface area contributed by atoms with Gasteiger partial charge in [-0.1, -0.05) is 6.07 Å². The maximum atomic E-state index is 13.1. The first kappa shape index (κ1) is 20.2. The van der Waals surface area contributed by atoms with E-state index in [9.17, 15) is 12.8 Å². The molecule has 0 aliphatic carbocycles. The Morgan fingerprint density at radius 1 is 0.900 bits per heavy atom. The number of hydrogen-bond donors (Lipinski definition) is 1. The average Bonchev–Trinajstić information content (AvgIpc) is 2.76. The summed E-state index contributed by atoms with van der Waals surface area (Å²) in [5, 5.41) is 11.5. The average molecular weight is 428 g/mol. The van der Waals surface area contributed by atoms with Gasteiger partial charge in [0, 0.05) is 32.4 Å². The Hall–Kier alpha value is -3.11. The fourth-order valence-electron chi connectivity index (χ4n) is 3.15. The number of rotatable bonds is 5. The second kappa shape index (κ2) is 8.33. The summed E-state index contributed by atoms with van der Waals surface area (Å²) in [5.41, 5.74) is 1.07. The molecule has 2 aromatic heterocycles. The van der Waals surface area contributed by atoms with Gasteiger partial charge in [0.2, 0.25) is 10.0 Å². The zero-order valence-electron chi connectivity index (χ0n) is 16.4. The zero-order chi connectivity index (χ0) is 21.1. The van der Waals surface area contributed by atoms with Crippen molar-refractivity contribution < 1.29 is 12.8 Å². The monoisotopic (exact) mass is 428 g/mol. The van der Waals surface area contributed by atoms with Gasteiger partial charge in [0.15, 0.2) is 11.6 Å². The van der Waals surface area contributed by atoms with E-state index in [1.807, 2.05) is 36.1 Å². The van der Waals surface area contributed by atoms with E-state index in [2.05, 4.69) is 20.5 Å². The molecule has 0 spiro atoms. The van der Waals surface area contributed by atoms with Crippen molar-refractivity contribution >= 4 is 27.5 Å². The van der Waals surface area contributed by atoms with Crippen molar-refractivity contribution in [2.75, 3.05) is 36.4 Å². The number of halogens is 1. The molecule has 0 radical (unpaired) electrons. The highest BCUT2D eigenvalue weighted by Crippen LogP contribution is 2.21. The Kier molecular flexibility index (Phi) is 5.60. The standard InChI is InChI=1S/C20H21FN6O2S/c1-15-2-7-18(22-14-15)23-19-8-9-20(25-24-19)26-10-12-27(13-11-26)30(28,29)17-5-3-16(21)4-6-17/h2-9,14H,10-13H2,1H3,(H,22,23,24). The smallest absolute Gasteiger partial charge is 0.243 e. The quantitative estimate of drug-likeness (QED) is 0.668. The van der Waals surface area contributed by atoms with E-state index in [0.29, 0.717) is 43.6 Å². The van der Waals surface area contributed by atoms with E-state index in [0.717, 1.165) is 17.7 Å². The molecule has 1 N–H and O–H groups in total. The van der Waals surface area contributed by atoms with Crippen LogP contribution in [0.4, 0.5) is 21.8 Å². The Bertz CT molecular complexity index is 1100. The molecule has 1 aliphatic heterocycles. The maximum absolute atomic E-state index is 13.1. The van der Waals surface area contributed by atoms with Crippen LogP contribution in [0.15, 0.2) is 59.6 Å². The van der Waals surface area contributed by atoms with Gasteiger partial charge in [0.25, 0.3) is 0 Å². The number of piperazine rings is 1. The van der Waals surface area contributed by atoms with Gasteiger partial charge in [-0.15, -0.1) is 10.2 Å². The highest BCUT2D eigenvalue weighted by atomic mass is 32.2. The van der Waals surface area contributed by atoms with Gasteiger partial charge < -0.3 is 10.2 Å². The molecule has 30 heavy (non-hydrogen) atoms. The van der Waals surface area contributed by atoms with Crippen molar-refractivity contribution in [3.63, 3.8) is 0 Å². The van der Waals surface area contributed by atoms with Crippen molar-refractivity contribution in [2.45, 2.75) is 11.8 Å². The first-order valence-electron chi connectivity index (χ1n) is 9.46. The Labute approximate surface area is 174 Å². The Balaban J connectivity index is 1.38. The summed E-state index contributed by atoms with van der Waals surface area (Å²) >= 11 is 0. The number of sulfonamides is 1. The molecule has 3 heterocycles. The number of anilines is 3. The SMILES string of the molecule is Cc1ccc(Nc2ccc(N3CCN(S(=O)(=O)c4ccc(F)cc4)CC3)nn2)nc1. The first-order chi connectivity index (χ1) is 14.4. The summed E-state index contributed by atoms with van der Waals surface area (Å²) in [4.78, 5) is 6.35. The van der Waals surface area contributed by atoms with Crippen molar-refractivity contribution in [3.05, 3.63) is 66.1 Å². The molecule has 4 rings (SSSR count). The number of nitrogens with one attached hydrogen (secondary N) is 1. The lowest BCUT2D eigenvalue weighted by Crippen LogP contribution is -2.49. The maximum Gasteiger partial charge on any atom is 0.243 e. The normalized spacial score (nSPS) is 15.2. The minimum Gasteiger partial charge on any atom is -0.352 e. The van der Waals surface area contributed by atoms with Crippen LogP contribution in [0.2, 0.25) is 0 Å². The van der Waals surface area contributed by atoms with Crippen LogP contribution in [0, 0.1) is 12.7 Å². The van der Waals surface area contributed by atoms with E-state index < -0.39 is 15.8 Å². The van der Waals surface area contributed by atoms with Crippen LogP contribution >= 0.6 is 0 Å². The van der Waals surface area contributed by atoms with Gasteiger partial charge in [-0.2, -0.15) is 4.31 Å². The largest absolute Gasteiger partial charge is 0.352 e. The predicted octanol–water partition coefficient (Wildman–Crippen LogP) is 2.57. The van der Waals surface area contributed by atoms with E-state index in [-0.39, 0.29) is 4.90 Å². The summed E-state index contributed by atoms with van der Waals surface area (Å²) in [6, 6.07) is 12.4. The lowest BCUT2D eigenvalue weighted by molar-refractivity contribution is 0.383. The van der Waals surface area contributed by atoms with Crippen LogP contribution in [0.3, 0.4) is 0 Å². The number of aromatic nitrogens is 3. The fourth-order valence-corrected chi connectivity index (χ4v) is 4.57. The predicted molar refractivity (Wildman–Crippen MR) is 112 cm³/mol. The van der Waals surface area contributed by atoms with Crippen molar-refractivity contribution in [1.82, 2.24) is 19.5 Å². The van der Waals surface area contributed by atoms with Crippen molar-refractivity contribution in [1.29, 1.82) is 0 Å². The molecule has 156 valence electrons. The number of pyridine rings is 1. The molecule has 1 aliphatic rings. The molecule has 0 bridgehead atoms. The minimum atomic E-state index is -3.64. The minimum absolute atomic E-state index is 0.0947. The molecule has 1 fully saturated rings. The topological polar surface area (TPSA) is 91.3 Å². The van der Waals surface area contributed by atoms with Gasteiger partial charge >= 0.3 is 0 Å².